The fourth-order valence-corrected chi connectivity index (χ4v) is 2.46. The van der Waals surface area contributed by atoms with Crippen LogP contribution in [0.1, 0.15) is 52.4 Å². The molecular formula is C12H24N2S. The summed E-state index contributed by atoms with van der Waals surface area (Å²) in [4.78, 5) is 6.81. The standard InChI is InChI=1S/C12H24N2S/c1-3-5-6-7-9-14-11(8-4-2)10-13-12(14)15/h11H,3-10H2,1-2H3,(H,13,15). The first-order valence-electron chi connectivity index (χ1n) is 6.29. The van der Waals surface area contributed by atoms with Gasteiger partial charge in [0.15, 0.2) is 5.17 Å². The van der Waals surface area contributed by atoms with Crippen molar-refractivity contribution >= 4 is 17.8 Å². The van der Waals surface area contributed by atoms with Gasteiger partial charge in [-0.05, 0) is 12.8 Å². The van der Waals surface area contributed by atoms with Gasteiger partial charge in [0.2, 0.25) is 0 Å². The van der Waals surface area contributed by atoms with Gasteiger partial charge in [0.25, 0.3) is 0 Å². The van der Waals surface area contributed by atoms with E-state index in [1.54, 1.807) is 0 Å². The Kier molecular flexibility index (Phi) is 6.15. The lowest BCUT2D eigenvalue weighted by Crippen LogP contribution is -2.35. The van der Waals surface area contributed by atoms with Crippen molar-refractivity contribution in [2.75, 3.05) is 13.1 Å². The number of amidine groups is 1. The van der Waals surface area contributed by atoms with Crippen molar-refractivity contribution in [1.29, 1.82) is 0 Å². The van der Waals surface area contributed by atoms with Gasteiger partial charge in [-0.3, -0.25) is 4.99 Å². The van der Waals surface area contributed by atoms with Crippen LogP contribution in [0, 0.1) is 0 Å². The van der Waals surface area contributed by atoms with Crippen molar-refractivity contribution in [3.8, 4) is 0 Å². The van der Waals surface area contributed by atoms with Crippen LogP contribution in [0.25, 0.3) is 0 Å². The molecule has 0 aliphatic carbocycles. The number of aliphatic imine (C=N–C) groups is 1. The van der Waals surface area contributed by atoms with E-state index >= 15 is 0 Å². The van der Waals surface area contributed by atoms with Crippen LogP contribution in [0.3, 0.4) is 0 Å². The number of rotatable bonds is 7. The summed E-state index contributed by atoms with van der Waals surface area (Å²) >= 11 is 4.44. The second kappa shape index (κ2) is 7.15. The van der Waals surface area contributed by atoms with Crippen LogP contribution in [-0.2, 0) is 0 Å². The quantitative estimate of drug-likeness (QED) is 0.522. The molecule has 0 spiro atoms. The van der Waals surface area contributed by atoms with Gasteiger partial charge >= 0.3 is 0 Å². The van der Waals surface area contributed by atoms with Crippen molar-refractivity contribution in [3.05, 3.63) is 0 Å². The van der Waals surface area contributed by atoms with Crippen molar-refractivity contribution in [2.24, 2.45) is 4.99 Å². The van der Waals surface area contributed by atoms with Crippen LogP contribution >= 0.6 is 12.6 Å². The molecule has 1 atom stereocenters. The Balaban J connectivity index is 2.26. The van der Waals surface area contributed by atoms with Gasteiger partial charge < -0.3 is 4.90 Å². The molecule has 0 fully saturated rings. The van der Waals surface area contributed by atoms with E-state index in [0.29, 0.717) is 6.04 Å². The van der Waals surface area contributed by atoms with Gasteiger partial charge in [0, 0.05) is 6.54 Å². The van der Waals surface area contributed by atoms with Crippen LogP contribution in [0.15, 0.2) is 4.99 Å². The molecule has 0 radical (unpaired) electrons. The highest BCUT2D eigenvalue weighted by atomic mass is 32.1. The Hall–Kier alpha value is -0.180. The van der Waals surface area contributed by atoms with E-state index < -0.39 is 0 Å². The van der Waals surface area contributed by atoms with Gasteiger partial charge in [-0.15, -0.1) is 12.6 Å². The second-order valence-electron chi connectivity index (χ2n) is 4.34. The first-order chi connectivity index (χ1) is 7.29. The van der Waals surface area contributed by atoms with Crippen LogP contribution in [0.4, 0.5) is 0 Å². The van der Waals surface area contributed by atoms with E-state index in [9.17, 15) is 0 Å². The fraction of sp³-hybridized carbons (Fsp3) is 0.917. The molecule has 88 valence electrons. The Morgan fingerprint density at radius 2 is 2.07 bits per heavy atom. The molecule has 1 aliphatic heterocycles. The lowest BCUT2D eigenvalue weighted by molar-refractivity contribution is 0.320. The Labute approximate surface area is 99.6 Å². The largest absolute Gasteiger partial charge is 0.347 e. The first-order valence-corrected chi connectivity index (χ1v) is 6.74. The molecule has 0 bridgehead atoms. The zero-order valence-corrected chi connectivity index (χ0v) is 11.0. The third-order valence-corrected chi connectivity index (χ3v) is 3.41. The van der Waals surface area contributed by atoms with Gasteiger partial charge in [-0.25, -0.2) is 0 Å². The highest BCUT2D eigenvalue weighted by Gasteiger charge is 2.23. The zero-order valence-electron chi connectivity index (χ0n) is 10.1. The number of hydrogen-bond donors (Lipinski definition) is 1. The summed E-state index contributed by atoms with van der Waals surface area (Å²) in [5, 5.41) is 0.963. The van der Waals surface area contributed by atoms with Crippen LogP contribution < -0.4 is 0 Å². The maximum absolute atomic E-state index is 4.44. The maximum Gasteiger partial charge on any atom is 0.156 e. The fourth-order valence-electron chi connectivity index (χ4n) is 2.11. The molecule has 3 heteroatoms. The van der Waals surface area contributed by atoms with Crippen LogP contribution in [0.5, 0.6) is 0 Å². The van der Waals surface area contributed by atoms with E-state index in [4.69, 9.17) is 0 Å². The van der Waals surface area contributed by atoms with E-state index in [0.717, 1.165) is 18.3 Å². The smallest absolute Gasteiger partial charge is 0.156 e. The predicted molar refractivity (Wildman–Crippen MR) is 70.8 cm³/mol. The minimum atomic E-state index is 0.629. The Morgan fingerprint density at radius 1 is 1.27 bits per heavy atom. The molecule has 0 amide bonds. The zero-order chi connectivity index (χ0) is 11.1. The molecule has 1 heterocycles. The number of nitrogens with zero attached hydrogens (tertiary/aromatic N) is 2. The Bertz CT molecular complexity index is 204. The minimum Gasteiger partial charge on any atom is -0.347 e. The molecule has 0 N–H and O–H groups in total. The van der Waals surface area contributed by atoms with E-state index in [1.807, 2.05) is 0 Å². The molecule has 1 aliphatic rings. The number of unbranched alkanes of at least 4 members (excludes halogenated alkanes) is 3. The number of thiol groups is 1. The summed E-state index contributed by atoms with van der Waals surface area (Å²) in [5.74, 6) is 0. The van der Waals surface area contributed by atoms with Crippen LogP contribution in [-0.4, -0.2) is 29.2 Å². The van der Waals surface area contributed by atoms with Gasteiger partial charge in [-0.1, -0.05) is 39.5 Å². The highest BCUT2D eigenvalue weighted by Crippen LogP contribution is 2.18. The molecule has 0 saturated heterocycles. The van der Waals surface area contributed by atoms with Gasteiger partial charge in [0.1, 0.15) is 0 Å². The monoisotopic (exact) mass is 228 g/mol. The summed E-state index contributed by atoms with van der Waals surface area (Å²) in [6.45, 7) is 6.60. The van der Waals surface area contributed by atoms with Gasteiger partial charge in [-0.2, -0.15) is 0 Å². The summed E-state index contributed by atoms with van der Waals surface area (Å²) in [5.41, 5.74) is 0. The topological polar surface area (TPSA) is 15.6 Å². The highest BCUT2D eigenvalue weighted by molar-refractivity contribution is 7.96. The summed E-state index contributed by atoms with van der Waals surface area (Å²) < 4.78 is 0. The summed E-state index contributed by atoms with van der Waals surface area (Å²) in [6.07, 6.45) is 7.78. The van der Waals surface area contributed by atoms with Crippen LogP contribution in [0.2, 0.25) is 0 Å². The summed E-state index contributed by atoms with van der Waals surface area (Å²) in [6, 6.07) is 0.629. The van der Waals surface area contributed by atoms with E-state index in [1.165, 1.54) is 38.5 Å². The average Bonchev–Trinajstić information content (AvgIpc) is 2.56. The third-order valence-electron chi connectivity index (χ3n) is 3.02. The van der Waals surface area contributed by atoms with Crippen molar-refractivity contribution in [2.45, 2.75) is 58.4 Å². The molecule has 0 aromatic carbocycles. The lowest BCUT2D eigenvalue weighted by Gasteiger charge is -2.25. The second-order valence-corrected chi connectivity index (χ2v) is 4.74. The molecule has 1 rings (SSSR count). The van der Waals surface area contributed by atoms with E-state index in [2.05, 4.69) is 36.4 Å². The molecule has 1 unspecified atom stereocenters. The molecule has 15 heavy (non-hydrogen) atoms. The van der Waals surface area contributed by atoms with Gasteiger partial charge in [0.05, 0.1) is 12.6 Å². The lowest BCUT2D eigenvalue weighted by atomic mass is 10.1. The van der Waals surface area contributed by atoms with Crippen molar-refractivity contribution < 1.29 is 0 Å². The minimum absolute atomic E-state index is 0.629. The molecule has 0 aromatic rings. The average molecular weight is 228 g/mol. The predicted octanol–water partition coefficient (Wildman–Crippen LogP) is 3.34. The third kappa shape index (κ3) is 4.06. The van der Waals surface area contributed by atoms with Crippen molar-refractivity contribution in [1.82, 2.24) is 4.90 Å². The molecular weight excluding hydrogens is 204 g/mol. The normalized spacial score (nSPS) is 20.9. The first kappa shape index (κ1) is 12.9. The Morgan fingerprint density at radius 3 is 2.73 bits per heavy atom. The van der Waals surface area contributed by atoms with Crippen molar-refractivity contribution in [3.63, 3.8) is 0 Å². The molecule has 0 saturated carbocycles. The van der Waals surface area contributed by atoms with E-state index in [-0.39, 0.29) is 0 Å². The number of hydrogen-bond acceptors (Lipinski definition) is 2. The molecule has 0 aromatic heterocycles. The summed E-state index contributed by atoms with van der Waals surface area (Å²) in [7, 11) is 0. The maximum atomic E-state index is 4.44. The molecule has 2 nitrogen and oxygen atoms in total. The SMILES string of the molecule is CCCCCCN1C(S)=NCC1CCC.